The molecular weight excluding hydrogens is 330 g/mol. The Labute approximate surface area is 144 Å². The highest BCUT2D eigenvalue weighted by Gasteiger charge is 2.11. The number of rotatable bonds is 8. The first kappa shape index (κ1) is 17.8. The molecule has 0 radical (unpaired) electrons. The number of carbonyl (C=O) groups is 1. The van der Waals surface area contributed by atoms with E-state index in [1.165, 1.54) is 17.3 Å². The van der Waals surface area contributed by atoms with Gasteiger partial charge in [0.25, 0.3) is 0 Å². The molecule has 0 unspecified atom stereocenters. The van der Waals surface area contributed by atoms with E-state index in [1.807, 2.05) is 12.1 Å². The standard InChI is InChI=1S/C16H19N3O2S2/c1-12-5-3-4-6-13(12)23-16-15(18-7-8-19-16)22-11-14(20)17-9-10-21-2/h3-8H,9-11H2,1-2H3,(H,17,20). The molecule has 2 aromatic rings. The molecule has 23 heavy (non-hydrogen) atoms. The van der Waals surface area contributed by atoms with Crippen LogP contribution in [0.2, 0.25) is 0 Å². The number of ether oxygens (including phenoxy) is 1. The Kier molecular flexibility index (Phi) is 7.38. The van der Waals surface area contributed by atoms with Crippen LogP contribution in [0.4, 0.5) is 0 Å². The summed E-state index contributed by atoms with van der Waals surface area (Å²) < 4.78 is 4.90. The summed E-state index contributed by atoms with van der Waals surface area (Å²) in [7, 11) is 1.61. The number of thioether (sulfide) groups is 1. The molecule has 0 fully saturated rings. The van der Waals surface area contributed by atoms with Crippen LogP contribution < -0.4 is 5.32 Å². The lowest BCUT2D eigenvalue weighted by Gasteiger charge is -2.08. The Morgan fingerprint density at radius 2 is 1.96 bits per heavy atom. The zero-order chi connectivity index (χ0) is 16.5. The van der Waals surface area contributed by atoms with Crippen LogP contribution in [0, 0.1) is 6.92 Å². The number of benzene rings is 1. The van der Waals surface area contributed by atoms with Crippen LogP contribution in [0.3, 0.4) is 0 Å². The van der Waals surface area contributed by atoms with Crippen molar-refractivity contribution in [2.75, 3.05) is 26.0 Å². The molecule has 0 atom stereocenters. The van der Waals surface area contributed by atoms with E-state index in [-0.39, 0.29) is 5.91 Å². The lowest BCUT2D eigenvalue weighted by Crippen LogP contribution is -2.28. The third-order valence-electron chi connectivity index (χ3n) is 2.90. The maximum absolute atomic E-state index is 11.8. The Morgan fingerprint density at radius 1 is 1.22 bits per heavy atom. The second-order valence-corrected chi connectivity index (χ2v) is 6.66. The molecule has 0 aliphatic heterocycles. The van der Waals surface area contributed by atoms with Gasteiger partial charge >= 0.3 is 0 Å². The Balaban J connectivity index is 1.98. The number of nitrogens with zero attached hydrogens (tertiary/aromatic N) is 2. The van der Waals surface area contributed by atoms with Gasteiger partial charge in [0.2, 0.25) is 5.91 Å². The third-order valence-corrected chi connectivity index (χ3v) is 5.18. The van der Waals surface area contributed by atoms with Gasteiger partial charge in [-0.1, -0.05) is 41.7 Å². The minimum Gasteiger partial charge on any atom is -0.383 e. The predicted octanol–water partition coefficient (Wildman–Crippen LogP) is 2.79. The third kappa shape index (κ3) is 5.85. The molecule has 7 heteroatoms. The highest BCUT2D eigenvalue weighted by molar-refractivity contribution is 8.02. The van der Waals surface area contributed by atoms with Gasteiger partial charge in [0, 0.05) is 30.9 Å². The highest BCUT2D eigenvalue weighted by atomic mass is 32.2. The van der Waals surface area contributed by atoms with E-state index in [9.17, 15) is 4.79 Å². The summed E-state index contributed by atoms with van der Waals surface area (Å²) in [6.07, 6.45) is 3.32. The lowest BCUT2D eigenvalue weighted by atomic mass is 10.2. The molecule has 1 N–H and O–H groups in total. The minimum absolute atomic E-state index is 0.0375. The number of hydrogen-bond donors (Lipinski definition) is 1. The molecule has 1 heterocycles. The number of carbonyl (C=O) groups excluding carboxylic acids is 1. The second-order valence-electron chi connectivity index (χ2n) is 4.67. The molecule has 1 aromatic carbocycles. The molecule has 0 saturated carbocycles. The fourth-order valence-electron chi connectivity index (χ4n) is 1.73. The molecular formula is C16H19N3O2S2. The Bertz CT molecular complexity index is 653. The number of hydrogen-bond acceptors (Lipinski definition) is 6. The van der Waals surface area contributed by atoms with Gasteiger partial charge in [0.05, 0.1) is 12.4 Å². The first-order chi connectivity index (χ1) is 11.2. The van der Waals surface area contributed by atoms with Crippen molar-refractivity contribution in [3.63, 3.8) is 0 Å². The van der Waals surface area contributed by atoms with Crippen molar-refractivity contribution >= 4 is 29.4 Å². The van der Waals surface area contributed by atoms with Crippen molar-refractivity contribution in [3.8, 4) is 0 Å². The Morgan fingerprint density at radius 3 is 2.70 bits per heavy atom. The van der Waals surface area contributed by atoms with Crippen LogP contribution >= 0.6 is 23.5 Å². The van der Waals surface area contributed by atoms with Crippen LogP contribution in [0.5, 0.6) is 0 Å². The molecule has 0 aliphatic carbocycles. The summed E-state index contributed by atoms with van der Waals surface area (Å²) in [6.45, 7) is 3.09. The van der Waals surface area contributed by atoms with Gasteiger partial charge in [0.15, 0.2) is 0 Å². The fourth-order valence-corrected chi connectivity index (χ4v) is 3.55. The zero-order valence-electron chi connectivity index (χ0n) is 13.1. The molecule has 5 nitrogen and oxygen atoms in total. The summed E-state index contributed by atoms with van der Waals surface area (Å²) in [5, 5.41) is 4.37. The first-order valence-electron chi connectivity index (χ1n) is 7.13. The SMILES string of the molecule is COCCNC(=O)CSc1nccnc1Sc1ccccc1C. The molecule has 0 bridgehead atoms. The molecule has 0 spiro atoms. The summed E-state index contributed by atoms with van der Waals surface area (Å²) in [4.78, 5) is 21.7. The van der Waals surface area contributed by atoms with E-state index in [0.717, 1.165) is 14.9 Å². The van der Waals surface area contributed by atoms with Gasteiger partial charge < -0.3 is 10.1 Å². The van der Waals surface area contributed by atoms with Gasteiger partial charge in [-0.05, 0) is 18.6 Å². The van der Waals surface area contributed by atoms with Crippen molar-refractivity contribution in [1.29, 1.82) is 0 Å². The summed E-state index contributed by atoms with van der Waals surface area (Å²) in [5.41, 5.74) is 1.19. The average Bonchev–Trinajstić information content (AvgIpc) is 2.56. The summed E-state index contributed by atoms with van der Waals surface area (Å²) >= 11 is 2.96. The lowest BCUT2D eigenvalue weighted by molar-refractivity contribution is -0.118. The fraction of sp³-hybridized carbons (Fsp3) is 0.312. The van der Waals surface area contributed by atoms with E-state index >= 15 is 0 Å². The van der Waals surface area contributed by atoms with Gasteiger partial charge in [-0.2, -0.15) is 0 Å². The van der Waals surface area contributed by atoms with E-state index in [0.29, 0.717) is 18.9 Å². The second kappa shape index (κ2) is 9.54. The van der Waals surface area contributed by atoms with Crippen LogP contribution in [-0.4, -0.2) is 41.9 Å². The topological polar surface area (TPSA) is 64.1 Å². The summed E-state index contributed by atoms with van der Waals surface area (Å²) in [5.74, 6) is 0.272. The number of aryl methyl sites for hydroxylation is 1. The number of aromatic nitrogens is 2. The van der Waals surface area contributed by atoms with E-state index in [1.54, 1.807) is 31.3 Å². The van der Waals surface area contributed by atoms with Crippen LogP contribution in [0.1, 0.15) is 5.56 Å². The highest BCUT2D eigenvalue weighted by Crippen LogP contribution is 2.33. The quantitative estimate of drug-likeness (QED) is 0.584. The smallest absolute Gasteiger partial charge is 0.230 e. The maximum Gasteiger partial charge on any atom is 0.230 e. The van der Waals surface area contributed by atoms with E-state index in [2.05, 4.69) is 34.3 Å². The van der Waals surface area contributed by atoms with E-state index in [4.69, 9.17) is 4.74 Å². The first-order valence-corrected chi connectivity index (χ1v) is 8.94. The monoisotopic (exact) mass is 349 g/mol. The summed E-state index contributed by atoms with van der Waals surface area (Å²) in [6, 6.07) is 8.13. The molecule has 1 amide bonds. The van der Waals surface area contributed by atoms with Crippen molar-refractivity contribution < 1.29 is 9.53 Å². The Hall–Kier alpha value is -1.57. The zero-order valence-corrected chi connectivity index (χ0v) is 14.7. The predicted molar refractivity (Wildman–Crippen MR) is 92.9 cm³/mol. The maximum atomic E-state index is 11.8. The molecule has 2 rings (SSSR count). The molecule has 1 aromatic heterocycles. The van der Waals surface area contributed by atoms with Crippen LogP contribution in [-0.2, 0) is 9.53 Å². The van der Waals surface area contributed by atoms with Crippen LogP contribution in [0.15, 0.2) is 51.6 Å². The molecule has 122 valence electrons. The van der Waals surface area contributed by atoms with E-state index < -0.39 is 0 Å². The van der Waals surface area contributed by atoms with Gasteiger partial charge in [0.1, 0.15) is 10.1 Å². The number of amides is 1. The van der Waals surface area contributed by atoms with Crippen molar-refractivity contribution in [1.82, 2.24) is 15.3 Å². The van der Waals surface area contributed by atoms with Crippen LogP contribution in [0.25, 0.3) is 0 Å². The average molecular weight is 349 g/mol. The van der Waals surface area contributed by atoms with Crippen molar-refractivity contribution in [2.45, 2.75) is 21.9 Å². The van der Waals surface area contributed by atoms with Gasteiger partial charge in [-0.25, -0.2) is 9.97 Å². The number of methoxy groups -OCH3 is 1. The van der Waals surface area contributed by atoms with Crippen molar-refractivity contribution in [3.05, 3.63) is 42.2 Å². The molecule has 0 saturated heterocycles. The largest absolute Gasteiger partial charge is 0.383 e. The van der Waals surface area contributed by atoms with Gasteiger partial charge in [-0.15, -0.1) is 0 Å². The molecule has 0 aliphatic rings. The normalized spacial score (nSPS) is 10.5. The minimum atomic E-state index is -0.0375. The van der Waals surface area contributed by atoms with Crippen molar-refractivity contribution in [2.24, 2.45) is 0 Å². The van der Waals surface area contributed by atoms with Gasteiger partial charge in [-0.3, -0.25) is 4.79 Å². The number of nitrogens with one attached hydrogen (secondary N) is 1.